The molecule has 2 fully saturated rings. The molecule has 2 aliphatic heterocycles. The molecule has 0 bridgehead atoms. The SMILES string of the molecule is CC(N)C1CCCCN1C(=O)c1cccc(S(=O)(=O)N2CCNC(=O)C2)c1.Cl. The van der Waals surface area contributed by atoms with Gasteiger partial charge in [0.2, 0.25) is 15.9 Å². The Balaban J connectivity index is 0.00000280. The largest absolute Gasteiger partial charge is 0.354 e. The van der Waals surface area contributed by atoms with Crippen LogP contribution in [0.4, 0.5) is 0 Å². The molecule has 0 saturated carbocycles. The summed E-state index contributed by atoms with van der Waals surface area (Å²) in [6.07, 6.45) is 2.79. The molecular formula is C18H27ClN4O4S. The van der Waals surface area contributed by atoms with Gasteiger partial charge in [0.1, 0.15) is 0 Å². The highest BCUT2D eigenvalue weighted by atomic mass is 35.5. The highest BCUT2D eigenvalue weighted by Crippen LogP contribution is 2.23. The average molecular weight is 431 g/mol. The molecule has 0 spiro atoms. The van der Waals surface area contributed by atoms with Gasteiger partial charge in [-0.1, -0.05) is 6.07 Å². The van der Waals surface area contributed by atoms with E-state index in [1.54, 1.807) is 17.0 Å². The lowest BCUT2D eigenvalue weighted by Crippen LogP contribution is -2.51. The molecule has 0 aliphatic carbocycles. The molecule has 0 radical (unpaired) electrons. The molecule has 8 nitrogen and oxygen atoms in total. The topological polar surface area (TPSA) is 113 Å². The Labute approximate surface area is 171 Å². The number of carbonyl (C=O) groups excluding carboxylic acids is 2. The molecule has 2 amide bonds. The Morgan fingerprint density at radius 3 is 2.71 bits per heavy atom. The third-order valence-corrected chi connectivity index (χ3v) is 6.98. The summed E-state index contributed by atoms with van der Waals surface area (Å²) in [6, 6.07) is 5.85. The summed E-state index contributed by atoms with van der Waals surface area (Å²) in [5.74, 6) is -0.532. The number of piperazine rings is 1. The van der Waals surface area contributed by atoms with Gasteiger partial charge in [-0.05, 0) is 44.4 Å². The van der Waals surface area contributed by atoms with Gasteiger partial charge in [-0.15, -0.1) is 12.4 Å². The first kappa shape index (κ1) is 22.6. The van der Waals surface area contributed by atoms with Crippen LogP contribution in [-0.4, -0.2) is 67.7 Å². The van der Waals surface area contributed by atoms with Gasteiger partial charge in [0.05, 0.1) is 11.4 Å². The molecular weight excluding hydrogens is 404 g/mol. The van der Waals surface area contributed by atoms with E-state index in [1.165, 1.54) is 12.1 Å². The second-order valence-electron chi connectivity index (χ2n) is 7.14. The number of nitrogens with one attached hydrogen (secondary N) is 1. The van der Waals surface area contributed by atoms with Crippen molar-refractivity contribution in [2.45, 2.75) is 43.2 Å². The Hall–Kier alpha value is -1.68. The summed E-state index contributed by atoms with van der Waals surface area (Å²) in [6.45, 7) is 2.79. The normalized spacial score (nSPS) is 22.1. The predicted molar refractivity (Wildman–Crippen MR) is 108 cm³/mol. The van der Waals surface area contributed by atoms with Crippen molar-refractivity contribution in [3.63, 3.8) is 0 Å². The van der Waals surface area contributed by atoms with E-state index in [2.05, 4.69) is 5.32 Å². The van der Waals surface area contributed by atoms with Crippen LogP contribution < -0.4 is 11.1 Å². The summed E-state index contributed by atoms with van der Waals surface area (Å²) in [5, 5.41) is 2.61. The third-order valence-electron chi connectivity index (χ3n) is 5.14. The number of nitrogens with zero attached hydrogens (tertiary/aromatic N) is 2. The number of hydrogen-bond donors (Lipinski definition) is 2. The number of amides is 2. The summed E-state index contributed by atoms with van der Waals surface area (Å²) >= 11 is 0. The van der Waals surface area contributed by atoms with Crippen LogP contribution in [0.3, 0.4) is 0 Å². The van der Waals surface area contributed by atoms with Crippen LogP contribution >= 0.6 is 12.4 Å². The van der Waals surface area contributed by atoms with Crippen LogP contribution in [0.25, 0.3) is 0 Å². The zero-order chi connectivity index (χ0) is 19.6. The standard InChI is InChI=1S/C18H26N4O4S.ClH/c1-13(19)16-7-2-3-9-22(16)18(24)14-5-4-6-15(11-14)27(25,26)21-10-8-20-17(23)12-21;/h4-6,11,13,16H,2-3,7-10,12,19H2,1H3,(H,20,23);1H. The van der Waals surface area contributed by atoms with Crippen LogP contribution in [-0.2, 0) is 14.8 Å². The third kappa shape index (κ3) is 4.65. The van der Waals surface area contributed by atoms with E-state index in [-0.39, 0.29) is 60.8 Å². The number of halogens is 1. The first-order chi connectivity index (χ1) is 12.8. The number of rotatable bonds is 4. The maximum atomic E-state index is 13.0. The number of sulfonamides is 1. The van der Waals surface area contributed by atoms with Crippen molar-refractivity contribution in [2.24, 2.45) is 5.73 Å². The zero-order valence-corrected chi connectivity index (χ0v) is 17.5. The first-order valence-electron chi connectivity index (χ1n) is 9.24. The van der Waals surface area contributed by atoms with Crippen molar-refractivity contribution in [3.05, 3.63) is 29.8 Å². The van der Waals surface area contributed by atoms with E-state index in [0.29, 0.717) is 12.1 Å². The Morgan fingerprint density at radius 2 is 2.04 bits per heavy atom. The zero-order valence-electron chi connectivity index (χ0n) is 15.8. The van der Waals surface area contributed by atoms with Crippen molar-refractivity contribution in [1.29, 1.82) is 0 Å². The van der Waals surface area contributed by atoms with Crippen molar-refractivity contribution in [3.8, 4) is 0 Å². The Bertz CT molecular complexity index is 831. The fourth-order valence-electron chi connectivity index (χ4n) is 3.68. The minimum absolute atomic E-state index is 0. The molecule has 2 heterocycles. The van der Waals surface area contributed by atoms with E-state index < -0.39 is 10.0 Å². The maximum absolute atomic E-state index is 13.0. The minimum Gasteiger partial charge on any atom is -0.354 e. The number of benzene rings is 1. The van der Waals surface area contributed by atoms with E-state index in [0.717, 1.165) is 23.6 Å². The van der Waals surface area contributed by atoms with Gasteiger partial charge in [-0.2, -0.15) is 4.31 Å². The monoisotopic (exact) mass is 430 g/mol. The number of likely N-dealkylation sites (tertiary alicyclic amines) is 1. The van der Waals surface area contributed by atoms with E-state index in [9.17, 15) is 18.0 Å². The number of piperidine rings is 1. The number of nitrogens with two attached hydrogens (primary N) is 1. The number of carbonyl (C=O) groups is 2. The van der Waals surface area contributed by atoms with E-state index in [1.807, 2.05) is 6.92 Å². The van der Waals surface area contributed by atoms with E-state index in [4.69, 9.17) is 5.73 Å². The van der Waals surface area contributed by atoms with Crippen LogP contribution in [0.15, 0.2) is 29.2 Å². The predicted octanol–water partition coefficient (Wildman–Crippen LogP) is 0.571. The molecule has 3 N–H and O–H groups in total. The smallest absolute Gasteiger partial charge is 0.254 e. The lowest BCUT2D eigenvalue weighted by molar-refractivity contribution is -0.122. The second kappa shape index (κ2) is 9.21. The molecule has 2 aliphatic rings. The lowest BCUT2D eigenvalue weighted by atomic mass is 9.96. The minimum atomic E-state index is -3.83. The molecule has 1 aromatic carbocycles. The molecule has 3 rings (SSSR count). The van der Waals surface area contributed by atoms with Crippen LogP contribution in [0.1, 0.15) is 36.5 Å². The van der Waals surface area contributed by atoms with Crippen LogP contribution in [0.2, 0.25) is 0 Å². The fourth-order valence-corrected chi connectivity index (χ4v) is 5.12. The number of hydrogen-bond acceptors (Lipinski definition) is 5. The second-order valence-corrected chi connectivity index (χ2v) is 9.08. The summed E-state index contributed by atoms with van der Waals surface area (Å²) in [4.78, 5) is 26.3. The summed E-state index contributed by atoms with van der Waals surface area (Å²) < 4.78 is 26.9. The quantitative estimate of drug-likeness (QED) is 0.725. The van der Waals surface area contributed by atoms with Gasteiger partial charge in [-0.25, -0.2) is 8.42 Å². The van der Waals surface area contributed by atoms with Gasteiger partial charge >= 0.3 is 0 Å². The van der Waals surface area contributed by atoms with Crippen molar-refractivity contribution in [1.82, 2.24) is 14.5 Å². The highest BCUT2D eigenvalue weighted by Gasteiger charge is 2.32. The molecule has 28 heavy (non-hydrogen) atoms. The summed E-state index contributed by atoms with van der Waals surface area (Å²) in [7, 11) is -3.83. The van der Waals surface area contributed by atoms with Crippen molar-refractivity contribution in [2.75, 3.05) is 26.2 Å². The van der Waals surface area contributed by atoms with Gasteiger partial charge in [0.15, 0.2) is 0 Å². The van der Waals surface area contributed by atoms with Gasteiger partial charge in [0.25, 0.3) is 5.91 Å². The van der Waals surface area contributed by atoms with Crippen molar-refractivity contribution >= 4 is 34.2 Å². The van der Waals surface area contributed by atoms with Crippen LogP contribution in [0, 0.1) is 0 Å². The maximum Gasteiger partial charge on any atom is 0.254 e. The first-order valence-corrected chi connectivity index (χ1v) is 10.7. The van der Waals surface area contributed by atoms with E-state index >= 15 is 0 Å². The molecule has 1 aromatic rings. The molecule has 156 valence electrons. The van der Waals surface area contributed by atoms with Gasteiger partial charge in [0, 0.05) is 37.3 Å². The molecule has 2 unspecified atom stereocenters. The molecule has 0 aromatic heterocycles. The average Bonchev–Trinajstić information content (AvgIpc) is 2.67. The molecule has 2 atom stereocenters. The Kier molecular flexibility index (Phi) is 7.44. The van der Waals surface area contributed by atoms with Gasteiger partial charge < -0.3 is 16.0 Å². The molecule has 2 saturated heterocycles. The van der Waals surface area contributed by atoms with Crippen molar-refractivity contribution < 1.29 is 18.0 Å². The fraction of sp³-hybridized carbons (Fsp3) is 0.556. The summed E-state index contributed by atoms with van der Waals surface area (Å²) in [5.41, 5.74) is 6.37. The highest BCUT2D eigenvalue weighted by molar-refractivity contribution is 7.89. The lowest BCUT2D eigenvalue weighted by Gasteiger charge is -2.38. The van der Waals surface area contributed by atoms with Crippen LogP contribution in [0.5, 0.6) is 0 Å². The Morgan fingerprint density at radius 1 is 1.29 bits per heavy atom. The molecule has 10 heteroatoms. The van der Waals surface area contributed by atoms with Gasteiger partial charge in [-0.3, -0.25) is 9.59 Å².